The van der Waals surface area contributed by atoms with Crippen molar-refractivity contribution in [3.63, 3.8) is 0 Å². The Morgan fingerprint density at radius 2 is 1.76 bits per heavy atom. The largest absolute Gasteiger partial charge is 0.573 e. The maximum Gasteiger partial charge on any atom is 0.573 e. The Bertz CT molecular complexity index is 1020. The van der Waals surface area contributed by atoms with Gasteiger partial charge in [0.1, 0.15) is 23.1 Å². The Kier molecular flexibility index (Phi) is 6.02. The first-order valence-electron chi connectivity index (χ1n) is 8.51. The first-order valence-corrected chi connectivity index (χ1v) is 8.89. The lowest BCUT2D eigenvalue weighted by molar-refractivity contribution is -0.274. The Balaban J connectivity index is 1.88. The third-order valence-electron chi connectivity index (χ3n) is 3.99. The van der Waals surface area contributed by atoms with Crippen LogP contribution in [0.3, 0.4) is 0 Å². The molecule has 3 rings (SSSR count). The van der Waals surface area contributed by atoms with Crippen LogP contribution in [0.4, 0.5) is 22.0 Å². The zero-order valence-electron chi connectivity index (χ0n) is 15.0. The Morgan fingerprint density at radius 3 is 2.41 bits per heavy atom. The molecule has 0 saturated carbocycles. The number of benzene rings is 2. The Morgan fingerprint density at radius 1 is 1.00 bits per heavy atom. The van der Waals surface area contributed by atoms with E-state index in [0.29, 0.717) is 12.2 Å². The van der Waals surface area contributed by atoms with E-state index < -0.39 is 23.7 Å². The molecule has 0 atom stereocenters. The summed E-state index contributed by atoms with van der Waals surface area (Å²) in [5, 5.41) is -0.264. The molecule has 0 amide bonds. The normalized spacial score (nSPS) is 11.6. The summed E-state index contributed by atoms with van der Waals surface area (Å²) in [4.78, 5) is 2.81. The highest BCUT2D eigenvalue weighted by atomic mass is 35.5. The molecule has 2 aromatic carbocycles. The van der Waals surface area contributed by atoms with Gasteiger partial charge in [-0.15, -0.1) is 13.2 Å². The van der Waals surface area contributed by atoms with Gasteiger partial charge in [0.25, 0.3) is 0 Å². The standard InChI is InChI=1S/C20H15ClF5NO2/c1-2-28-18-5-3-4-13(22)19(18)16-10-14(23)15(27-16)9-11-6-7-17(12(21)8-11)29-20(24,25)26/h3-8,10,27H,2,9H2,1H3. The summed E-state index contributed by atoms with van der Waals surface area (Å²) in [6.07, 6.45) is -4.88. The number of hydrogen-bond donors (Lipinski definition) is 1. The van der Waals surface area contributed by atoms with E-state index >= 15 is 0 Å². The molecule has 0 spiro atoms. The molecule has 1 aromatic heterocycles. The minimum absolute atomic E-state index is 0.00370. The van der Waals surface area contributed by atoms with E-state index in [1.54, 1.807) is 13.0 Å². The van der Waals surface area contributed by atoms with Crippen molar-refractivity contribution in [3.8, 4) is 22.8 Å². The van der Waals surface area contributed by atoms with E-state index in [2.05, 4.69) is 9.72 Å². The minimum atomic E-state index is -4.87. The van der Waals surface area contributed by atoms with Crippen molar-refractivity contribution in [3.05, 3.63) is 70.4 Å². The Labute approximate surface area is 168 Å². The quantitative estimate of drug-likeness (QED) is 0.452. The molecular weight excluding hydrogens is 417 g/mol. The van der Waals surface area contributed by atoms with Gasteiger partial charge in [-0.1, -0.05) is 23.7 Å². The van der Waals surface area contributed by atoms with Gasteiger partial charge in [-0.25, -0.2) is 8.78 Å². The van der Waals surface area contributed by atoms with Crippen LogP contribution in [0.15, 0.2) is 42.5 Å². The van der Waals surface area contributed by atoms with E-state index in [9.17, 15) is 22.0 Å². The second-order valence-corrected chi connectivity index (χ2v) is 6.45. The molecule has 1 N–H and O–H groups in total. The van der Waals surface area contributed by atoms with Crippen molar-refractivity contribution in [1.29, 1.82) is 0 Å². The molecule has 154 valence electrons. The van der Waals surface area contributed by atoms with E-state index in [0.717, 1.165) is 12.1 Å². The second-order valence-electron chi connectivity index (χ2n) is 6.04. The van der Waals surface area contributed by atoms with E-state index in [1.165, 1.54) is 24.3 Å². The topological polar surface area (TPSA) is 34.2 Å². The van der Waals surface area contributed by atoms with Gasteiger partial charge >= 0.3 is 6.36 Å². The molecule has 9 heteroatoms. The van der Waals surface area contributed by atoms with E-state index in [1.807, 2.05) is 0 Å². The fourth-order valence-corrected chi connectivity index (χ4v) is 3.08. The average Bonchev–Trinajstić information content (AvgIpc) is 2.97. The second kappa shape index (κ2) is 8.32. The fraction of sp³-hybridized carbons (Fsp3) is 0.200. The molecule has 29 heavy (non-hydrogen) atoms. The van der Waals surface area contributed by atoms with Crippen LogP contribution in [0.1, 0.15) is 18.2 Å². The first-order chi connectivity index (χ1) is 13.7. The van der Waals surface area contributed by atoms with Crippen LogP contribution in [-0.4, -0.2) is 18.0 Å². The molecule has 0 aliphatic rings. The molecule has 0 saturated heterocycles. The van der Waals surface area contributed by atoms with Crippen LogP contribution in [-0.2, 0) is 6.42 Å². The minimum Gasteiger partial charge on any atom is -0.493 e. The molecule has 0 fully saturated rings. The summed E-state index contributed by atoms with van der Waals surface area (Å²) in [7, 11) is 0. The first kappa shape index (κ1) is 21.0. The summed E-state index contributed by atoms with van der Waals surface area (Å²) in [6.45, 7) is 2.04. The summed E-state index contributed by atoms with van der Waals surface area (Å²) >= 11 is 5.82. The SMILES string of the molecule is CCOc1cccc(F)c1-c1cc(F)c(Cc2ccc(OC(F)(F)F)c(Cl)c2)[nH]1. The number of aromatic nitrogens is 1. The molecule has 3 nitrogen and oxygen atoms in total. The fourth-order valence-electron chi connectivity index (χ4n) is 2.84. The maximum atomic E-state index is 14.4. The monoisotopic (exact) mass is 431 g/mol. The number of ether oxygens (including phenoxy) is 2. The molecule has 0 radical (unpaired) electrons. The Hall–Kier alpha value is -2.74. The van der Waals surface area contributed by atoms with Crippen molar-refractivity contribution in [1.82, 2.24) is 4.98 Å². The molecular formula is C20H15ClF5NO2. The smallest absolute Gasteiger partial charge is 0.493 e. The number of H-pyrrole nitrogens is 1. The summed E-state index contributed by atoms with van der Waals surface area (Å²) in [6, 6.07) is 9.06. The van der Waals surface area contributed by atoms with Gasteiger partial charge in [0.05, 0.1) is 28.6 Å². The van der Waals surface area contributed by atoms with E-state index in [4.69, 9.17) is 16.3 Å². The van der Waals surface area contributed by atoms with Crippen molar-refractivity contribution >= 4 is 11.6 Å². The van der Waals surface area contributed by atoms with E-state index in [-0.39, 0.29) is 34.1 Å². The summed E-state index contributed by atoms with van der Waals surface area (Å²) in [5.41, 5.74) is 0.829. The molecule has 0 aliphatic carbocycles. The predicted octanol–water partition coefficient (Wildman–Crippen LogP) is 6.50. The van der Waals surface area contributed by atoms with Crippen molar-refractivity contribution < 1.29 is 31.4 Å². The van der Waals surface area contributed by atoms with Crippen LogP contribution in [0.5, 0.6) is 11.5 Å². The van der Waals surface area contributed by atoms with Gasteiger partial charge in [0.15, 0.2) is 0 Å². The number of aromatic amines is 1. The molecule has 0 aliphatic heterocycles. The van der Waals surface area contributed by atoms with Crippen molar-refractivity contribution in [2.24, 2.45) is 0 Å². The van der Waals surface area contributed by atoms with Crippen LogP contribution < -0.4 is 9.47 Å². The highest BCUT2D eigenvalue weighted by Crippen LogP contribution is 2.34. The predicted molar refractivity (Wildman–Crippen MR) is 98.3 cm³/mol. The number of halogens is 6. The van der Waals surface area contributed by atoms with Crippen LogP contribution in [0.25, 0.3) is 11.3 Å². The molecule has 1 heterocycles. The lowest BCUT2D eigenvalue weighted by Crippen LogP contribution is -2.17. The van der Waals surface area contributed by atoms with Gasteiger partial charge in [-0.05, 0) is 42.8 Å². The highest BCUT2D eigenvalue weighted by Gasteiger charge is 2.32. The number of rotatable bonds is 6. The maximum absolute atomic E-state index is 14.4. The zero-order valence-corrected chi connectivity index (χ0v) is 15.8. The van der Waals surface area contributed by atoms with Gasteiger partial charge < -0.3 is 14.5 Å². The number of hydrogen-bond acceptors (Lipinski definition) is 2. The van der Waals surface area contributed by atoms with Gasteiger partial charge in [-0.2, -0.15) is 0 Å². The lowest BCUT2D eigenvalue weighted by Gasteiger charge is -2.11. The van der Waals surface area contributed by atoms with Gasteiger partial charge in [0.2, 0.25) is 0 Å². The third-order valence-corrected chi connectivity index (χ3v) is 4.29. The lowest BCUT2D eigenvalue weighted by atomic mass is 10.1. The molecule has 0 bridgehead atoms. The van der Waals surface area contributed by atoms with Crippen LogP contribution in [0, 0.1) is 11.6 Å². The van der Waals surface area contributed by atoms with Gasteiger partial charge in [-0.3, -0.25) is 0 Å². The summed E-state index contributed by atoms with van der Waals surface area (Å²) < 4.78 is 74.9. The number of alkyl halides is 3. The average molecular weight is 432 g/mol. The summed E-state index contributed by atoms with van der Waals surface area (Å²) in [5.74, 6) is -1.50. The highest BCUT2D eigenvalue weighted by molar-refractivity contribution is 6.32. The molecule has 0 unspecified atom stereocenters. The number of nitrogens with one attached hydrogen (secondary N) is 1. The third kappa shape index (κ3) is 5.00. The van der Waals surface area contributed by atoms with Crippen molar-refractivity contribution in [2.75, 3.05) is 6.61 Å². The zero-order chi connectivity index (χ0) is 21.2. The van der Waals surface area contributed by atoms with Gasteiger partial charge in [0, 0.05) is 6.42 Å². The molecule has 3 aromatic rings. The van der Waals surface area contributed by atoms with Crippen molar-refractivity contribution in [2.45, 2.75) is 19.7 Å². The van der Waals surface area contributed by atoms with Crippen LogP contribution in [0.2, 0.25) is 5.02 Å². The van der Waals surface area contributed by atoms with Crippen LogP contribution >= 0.6 is 11.6 Å².